The summed E-state index contributed by atoms with van der Waals surface area (Å²) in [6.45, 7) is 3.87. The number of benzene rings is 3. The van der Waals surface area contributed by atoms with Gasteiger partial charge in [-0.25, -0.2) is 0 Å². The first-order chi connectivity index (χ1) is 16.7. The lowest BCUT2D eigenvalue weighted by Gasteiger charge is -2.27. The van der Waals surface area contributed by atoms with Gasteiger partial charge in [-0.2, -0.15) is 0 Å². The van der Waals surface area contributed by atoms with Crippen LogP contribution in [0.5, 0.6) is 5.75 Å². The number of phenolic OH excluding ortho intramolecular Hbond substituents is 1. The zero-order valence-electron chi connectivity index (χ0n) is 18.7. The fourth-order valence-corrected chi connectivity index (χ4v) is 4.81. The van der Waals surface area contributed by atoms with Crippen molar-refractivity contribution >= 4 is 55.9 Å². The van der Waals surface area contributed by atoms with E-state index in [1.807, 2.05) is 32.0 Å². The minimum Gasteiger partial charge on any atom is -0.506 e. The number of hydrogen-bond donors (Lipinski definition) is 2. The minimum atomic E-state index is -0.991. The van der Waals surface area contributed by atoms with Gasteiger partial charge in [0.25, 0.3) is 5.91 Å². The van der Waals surface area contributed by atoms with Crippen LogP contribution in [0.25, 0.3) is 11.0 Å². The lowest BCUT2D eigenvalue weighted by Crippen LogP contribution is -2.31. The number of nitrogens with zero attached hydrogens (tertiary/aromatic N) is 1. The molecule has 1 aliphatic heterocycles. The van der Waals surface area contributed by atoms with E-state index < -0.39 is 23.5 Å². The highest BCUT2D eigenvalue weighted by molar-refractivity contribution is 9.10. The fourth-order valence-electron chi connectivity index (χ4n) is 4.25. The van der Waals surface area contributed by atoms with Gasteiger partial charge in [-0.05, 0) is 79.1 Å². The summed E-state index contributed by atoms with van der Waals surface area (Å²) in [5.41, 5.74) is 3.30. The standard InChI is InChI=1S/C27H19BrClNO5/c1-13-3-6-18(9-14(13)2)30-24(15-4-7-20(31)19(29)11-15)23(26(33)27(30)34)25(32)22-12-16-10-17(28)5-8-21(16)35-22/h3-12,24,31,33H,1-2H3. The fraction of sp³-hybridized carbons (Fsp3) is 0.111. The molecule has 0 saturated carbocycles. The van der Waals surface area contributed by atoms with Crippen molar-refractivity contribution < 1.29 is 24.2 Å². The van der Waals surface area contributed by atoms with Crippen LogP contribution >= 0.6 is 27.5 Å². The van der Waals surface area contributed by atoms with Crippen LogP contribution in [-0.2, 0) is 4.79 Å². The molecule has 6 nitrogen and oxygen atoms in total. The zero-order valence-corrected chi connectivity index (χ0v) is 21.0. The summed E-state index contributed by atoms with van der Waals surface area (Å²) in [4.78, 5) is 28.4. The number of Topliss-reactive ketones (excluding diaryl/α,β-unsaturated/α-hetero) is 1. The van der Waals surface area contributed by atoms with E-state index in [1.54, 1.807) is 30.3 Å². The number of rotatable bonds is 4. The molecule has 1 atom stereocenters. The number of aliphatic hydroxyl groups excluding tert-OH is 1. The minimum absolute atomic E-state index is 0.00994. The number of carbonyl (C=O) groups is 2. The lowest BCUT2D eigenvalue weighted by molar-refractivity contribution is -0.117. The van der Waals surface area contributed by atoms with E-state index in [-0.39, 0.29) is 22.1 Å². The highest BCUT2D eigenvalue weighted by Gasteiger charge is 2.45. The first-order valence-electron chi connectivity index (χ1n) is 10.7. The van der Waals surface area contributed by atoms with Crippen molar-refractivity contribution in [2.45, 2.75) is 19.9 Å². The molecule has 0 aliphatic carbocycles. The molecule has 4 aromatic rings. The monoisotopic (exact) mass is 551 g/mol. The van der Waals surface area contributed by atoms with Crippen LogP contribution in [0.2, 0.25) is 5.02 Å². The van der Waals surface area contributed by atoms with Gasteiger partial charge in [-0.15, -0.1) is 0 Å². The molecule has 2 N–H and O–H groups in total. The molecular weight excluding hydrogens is 534 g/mol. The molecule has 0 saturated heterocycles. The number of halogens is 2. The van der Waals surface area contributed by atoms with E-state index >= 15 is 0 Å². The largest absolute Gasteiger partial charge is 0.506 e. The van der Waals surface area contributed by atoms with Crippen LogP contribution in [0.3, 0.4) is 0 Å². The van der Waals surface area contributed by atoms with E-state index in [0.717, 1.165) is 15.6 Å². The molecular formula is C27H19BrClNO5. The molecule has 5 rings (SSSR count). The predicted octanol–water partition coefficient (Wildman–Crippen LogP) is 6.95. The predicted molar refractivity (Wildman–Crippen MR) is 137 cm³/mol. The number of phenols is 1. The number of ketones is 1. The maximum absolute atomic E-state index is 13.7. The quantitative estimate of drug-likeness (QED) is 0.267. The van der Waals surface area contributed by atoms with E-state index in [4.69, 9.17) is 16.0 Å². The average molecular weight is 553 g/mol. The highest BCUT2D eigenvalue weighted by Crippen LogP contribution is 2.44. The Morgan fingerprint density at radius 1 is 1.00 bits per heavy atom. The molecule has 176 valence electrons. The summed E-state index contributed by atoms with van der Waals surface area (Å²) >= 11 is 9.58. The lowest BCUT2D eigenvalue weighted by atomic mass is 9.94. The summed E-state index contributed by atoms with van der Waals surface area (Å²) in [7, 11) is 0. The Hall–Kier alpha value is -3.55. The second-order valence-corrected chi connectivity index (χ2v) is 9.76. The molecule has 3 aromatic carbocycles. The van der Waals surface area contributed by atoms with Gasteiger partial charge in [0.1, 0.15) is 11.3 Å². The van der Waals surface area contributed by atoms with Crippen molar-refractivity contribution in [3.63, 3.8) is 0 Å². The summed E-state index contributed by atoms with van der Waals surface area (Å²) in [6.07, 6.45) is 0. The Morgan fingerprint density at radius 3 is 2.49 bits per heavy atom. The van der Waals surface area contributed by atoms with Crippen molar-refractivity contribution in [3.8, 4) is 5.75 Å². The van der Waals surface area contributed by atoms with Gasteiger partial charge in [-0.1, -0.05) is 39.7 Å². The van der Waals surface area contributed by atoms with Gasteiger partial charge in [-0.3, -0.25) is 14.5 Å². The first kappa shape index (κ1) is 23.2. The summed E-state index contributed by atoms with van der Waals surface area (Å²) in [6, 6.07) is 15.8. The van der Waals surface area contributed by atoms with Gasteiger partial charge >= 0.3 is 0 Å². The zero-order chi connectivity index (χ0) is 25.0. The van der Waals surface area contributed by atoms with Crippen LogP contribution in [-0.4, -0.2) is 21.9 Å². The van der Waals surface area contributed by atoms with Crippen molar-refractivity contribution in [1.82, 2.24) is 0 Å². The number of aryl methyl sites for hydroxylation is 2. The van der Waals surface area contributed by atoms with Crippen molar-refractivity contribution in [3.05, 3.63) is 104 Å². The maximum Gasteiger partial charge on any atom is 0.294 e. The van der Waals surface area contributed by atoms with Crippen molar-refractivity contribution in [2.24, 2.45) is 0 Å². The third-order valence-corrected chi connectivity index (χ3v) is 7.01. The number of hydrogen-bond acceptors (Lipinski definition) is 5. The topological polar surface area (TPSA) is 91.0 Å². The van der Waals surface area contributed by atoms with Gasteiger partial charge < -0.3 is 14.6 Å². The Balaban J connectivity index is 1.68. The van der Waals surface area contributed by atoms with E-state index in [1.165, 1.54) is 17.0 Å². The van der Waals surface area contributed by atoms with Crippen molar-refractivity contribution in [2.75, 3.05) is 4.90 Å². The van der Waals surface area contributed by atoms with Gasteiger partial charge in [0, 0.05) is 15.5 Å². The molecule has 2 heterocycles. The van der Waals surface area contributed by atoms with Gasteiger partial charge in [0.15, 0.2) is 11.5 Å². The molecule has 0 radical (unpaired) electrons. The van der Waals surface area contributed by atoms with Crippen LogP contribution in [0.4, 0.5) is 5.69 Å². The molecule has 0 spiro atoms. The molecule has 1 amide bonds. The molecule has 1 unspecified atom stereocenters. The highest BCUT2D eigenvalue weighted by atomic mass is 79.9. The van der Waals surface area contributed by atoms with Gasteiger partial charge in [0.05, 0.1) is 16.6 Å². The number of furan rings is 1. The summed E-state index contributed by atoms with van der Waals surface area (Å²) < 4.78 is 6.59. The number of fused-ring (bicyclic) bond motifs is 1. The van der Waals surface area contributed by atoms with Crippen LogP contribution in [0, 0.1) is 13.8 Å². The Kier molecular flexibility index (Phi) is 5.69. The molecule has 1 aliphatic rings. The smallest absolute Gasteiger partial charge is 0.294 e. The third-order valence-electron chi connectivity index (χ3n) is 6.21. The van der Waals surface area contributed by atoms with Crippen molar-refractivity contribution in [1.29, 1.82) is 0 Å². The normalized spacial score (nSPS) is 15.9. The first-order valence-corrected chi connectivity index (χ1v) is 11.9. The summed E-state index contributed by atoms with van der Waals surface area (Å²) in [5.74, 6) is -2.15. The molecule has 1 aromatic heterocycles. The number of aromatic hydroxyl groups is 1. The third kappa shape index (κ3) is 3.90. The number of anilines is 1. The Bertz CT molecular complexity index is 1570. The number of amides is 1. The number of aliphatic hydroxyl groups is 1. The average Bonchev–Trinajstić information content (AvgIpc) is 3.36. The van der Waals surface area contributed by atoms with E-state index in [2.05, 4.69) is 15.9 Å². The molecule has 0 fully saturated rings. The Morgan fingerprint density at radius 2 is 1.77 bits per heavy atom. The maximum atomic E-state index is 13.7. The SMILES string of the molecule is Cc1ccc(N2C(=O)C(O)=C(C(=O)c3cc4cc(Br)ccc4o3)C2c2ccc(O)c(Cl)c2)cc1C. The molecule has 0 bridgehead atoms. The van der Waals surface area contributed by atoms with E-state index in [0.29, 0.717) is 22.2 Å². The van der Waals surface area contributed by atoms with Gasteiger partial charge in [0.2, 0.25) is 5.78 Å². The van der Waals surface area contributed by atoms with Crippen LogP contribution in [0.1, 0.15) is 33.3 Å². The molecule has 8 heteroatoms. The van der Waals surface area contributed by atoms with E-state index in [9.17, 15) is 19.8 Å². The van der Waals surface area contributed by atoms with Crippen LogP contribution in [0.15, 0.2) is 80.9 Å². The summed E-state index contributed by atoms with van der Waals surface area (Å²) in [5, 5.41) is 21.6. The van der Waals surface area contributed by atoms with Crippen LogP contribution < -0.4 is 4.90 Å². The Labute approximate surface area is 214 Å². The second kappa shape index (κ2) is 8.59. The second-order valence-electron chi connectivity index (χ2n) is 8.44. The molecule has 35 heavy (non-hydrogen) atoms. The number of carbonyl (C=O) groups excluding carboxylic acids is 2.